The van der Waals surface area contributed by atoms with Crippen molar-refractivity contribution in [1.29, 1.82) is 0 Å². The van der Waals surface area contributed by atoms with Gasteiger partial charge in [0.05, 0.1) is 26.2 Å². The largest absolute Gasteiger partial charge is 0.722 e. The average molecular weight is 241 g/mol. The molecule has 1 aliphatic heterocycles. The fraction of sp³-hybridized carbons (Fsp3) is 1.00. The van der Waals surface area contributed by atoms with Gasteiger partial charge in [0.2, 0.25) is 0 Å². The van der Waals surface area contributed by atoms with Gasteiger partial charge in [-0.15, -0.1) is 3.89 Å². The van der Waals surface area contributed by atoms with Gasteiger partial charge in [0.15, 0.2) is 0 Å². The normalized spacial score (nSPS) is 20.3. The fourth-order valence-corrected chi connectivity index (χ4v) is 2.04. The van der Waals surface area contributed by atoms with E-state index in [0.29, 0.717) is 0 Å². The number of halogens is 1. The predicted octanol–water partition coefficient (Wildman–Crippen LogP) is 1.44. The topological polar surface area (TPSA) is 57.2 Å². The van der Waals surface area contributed by atoms with Gasteiger partial charge in [-0.25, -0.2) is 8.42 Å². The van der Waals surface area contributed by atoms with Crippen LogP contribution >= 0.6 is 0 Å². The Labute approximate surface area is 91.7 Å². The van der Waals surface area contributed by atoms with Gasteiger partial charge >= 0.3 is 0 Å². The van der Waals surface area contributed by atoms with Crippen molar-refractivity contribution in [3.8, 4) is 0 Å². The number of quaternary nitrogens is 1. The zero-order chi connectivity index (χ0) is 11.9. The maximum Gasteiger partial charge on any atom is 0.255 e. The lowest BCUT2D eigenvalue weighted by Crippen LogP contribution is -2.50. The molecule has 0 aliphatic carbocycles. The van der Waals surface area contributed by atoms with Crippen LogP contribution in [0.1, 0.15) is 33.1 Å². The molecule has 0 aromatic heterocycles. The van der Waals surface area contributed by atoms with Gasteiger partial charge in [-0.05, 0) is 33.1 Å². The standard InChI is InChI=1S/C9H20N.FHO3S/c1-3-10(4-2)8-6-5-7-9-10;1-5(2,3)4/h3-9H2,1-2H3;(H,2,3,4)/q+1;/p-1. The molecule has 0 unspecified atom stereocenters. The summed E-state index contributed by atoms with van der Waals surface area (Å²) in [5, 5.41) is 0. The molecule has 92 valence electrons. The van der Waals surface area contributed by atoms with E-state index >= 15 is 0 Å². The Bertz CT molecular complexity index is 247. The molecule has 1 rings (SSSR count). The predicted molar refractivity (Wildman–Crippen MR) is 55.7 cm³/mol. The van der Waals surface area contributed by atoms with Gasteiger partial charge in [-0.1, -0.05) is 0 Å². The molecule has 0 radical (unpaired) electrons. The molecular weight excluding hydrogens is 221 g/mol. The van der Waals surface area contributed by atoms with Crippen molar-refractivity contribution in [1.82, 2.24) is 0 Å². The van der Waals surface area contributed by atoms with E-state index < -0.39 is 10.5 Å². The molecule has 1 heterocycles. The summed E-state index contributed by atoms with van der Waals surface area (Å²) in [4.78, 5) is 0. The number of hydrogen-bond donors (Lipinski definition) is 0. The molecule has 0 atom stereocenters. The van der Waals surface area contributed by atoms with Gasteiger partial charge in [-0.2, -0.15) is 0 Å². The van der Waals surface area contributed by atoms with Crippen LogP contribution in [0, 0.1) is 0 Å². The molecule has 6 heteroatoms. The Kier molecular flexibility index (Phi) is 6.31. The molecule has 0 aromatic rings. The minimum absolute atomic E-state index is 1.34. The first-order chi connectivity index (χ1) is 6.83. The molecule has 0 aromatic carbocycles. The van der Waals surface area contributed by atoms with Gasteiger partial charge in [0.1, 0.15) is 0 Å². The maximum atomic E-state index is 10.1. The Morgan fingerprint density at radius 3 is 1.67 bits per heavy atom. The summed E-state index contributed by atoms with van der Waals surface area (Å²) in [5.41, 5.74) is 0. The fourth-order valence-electron chi connectivity index (χ4n) is 2.04. The van der Waals surface area contributed by atoms with E-state index in [1.165, 1.54) is 49.9 Å². The van der Waals surface area contributed by atoms with Crippen LogP contribution in [0.2, 0.25) is 0 Å². The quantitative estimate of drug-likeness (QED) is 0.417. The molecule has 15 heavy (non-hydrogen) atoms. The summed E-state index contributed by atoms with van der Waals surface area (Å²) in [7, 11) is -5.42. The third-order valence-electron chi connectivity index (χ3n) is 3.11. The van der Waals surface area contributed by atoms with E-state index in [2.05, 4.69) is 13.8 Å². The van der Waals surface area contributed by atoms with E-state index in [1.807, 2.05) is 0 Å². The smallest absolute Gasteiger partial charge is 0.255 e. The monoisotopic (exact) mass is 241 g/mol. The molecular formula is C9H20FNO3S. The Balaban J connectivity index is 0.000000336. The maximum absolute atomic E-state index is 10.1. The summed E-state index contributed by atoms with van der Waals surface area (Å²) < 4.78 is 36.7. The number of nitrogens with zero attached hydrogens (tertiary/aromatic N) is 1. The molecule has 0 N–H and O–H groups in total. The summed E-state index contributed by atoms with van der Waals surface area (Å²) >= 11 is 0. The summed E-state index contributed by atoms with van der Waals surface area (Å²) in [6, 6.07) is 0. The third-order valence-corrected chi connectivity index (χ3v) is 3.11. The van der Waals surface area contributed by atoms with Crippen molar-refractivity contribution >= 4 is 10.5 Å². The van der Waals surface area contributed by atoms with Crippen LogP contribution in [0.3, 0.4) is 0 Å². The highest BCUT2D eigenvalue weighted by Gasteiger charge is 2.24. The van der Waals surface area contributed by atoms with Crippen molar-refractivity contribution < 1.29 is 21.3 Å². The second-order valence-electron chi connectivity index (χ2n) is 3.88. The third kappa shape index (κ3) is 7.70. The van der Waals surface area contributed by atoms with Gasteiger partial charge in [0.25, 0.3) is 10.5 Å². The van der Waals surface area contributed by atoms with Crippen molar-refractivity contribution in [2.75, 3.05) is 26.2 Å². The van der Waals surface area contributed by atoms with Crippen LogP contribution in [0.15, 0.2) is 0 Å². The first kappa shape index (κ1) is 14.8. The summed E-state index contributed by atoms with van der Waals surface area (Å²) in [6.45, 7) is 10.2. The number of piperidine rings is 1. The van der Waals surface area contributed by atoms with Crippen molar-refractivity contribution in [3.05, 3.63) is 0 Å². The minimum atomic E-state index is -5.42. The van der Waals surface area contributed by atoms with Crippen LogP contribution < -0.4 is 0 Å². The number of hydrogen-bond acceptors (Lipinski definition) is 3. The molecule has 0 saturated carbocycles. The molecule has 0 bridgehead atoms. The summed E-state index contributed by atoms with van der Waals surface area (Å²) in [6.07, 6.45) is 4.39. The van der Waals surface area contributed by atoms with Crippen LogP contribution in [-0.4, -0.2) is 43.6 Å². The lowest BCUT2D eigenvalue weighted by Gasteiger charge is -2.39. The number of rotatable bonds is 2. The van der Waals surface area contributed by atoms with Crippen molar-refractivity contribution in [2.45, 2.75) is 33.1 Å². The molecule has 0 amide bonds. The van der Waals surface area contributed by atoms with Gasteiger partial charge < -0.3 is 9.04 Å². The van der Waals surface area contributed by atoms with Crippen molar-refractivity contribution in [3.63, 3.8) is 0 Å². The zero-order valence-electron chi connectivity index (χ0n) is 9.41. The van der Waals surface area contributed by atoms with E-state index in [-0.39, 0.29) is 0 Å². The highest BCUT2D eigenvalue weighted by atomic mass is 32.3. The van der Waals surface area contributed by atoms with Crippen molar-refractivity contribution in [2.24, 2.45) is 0 Å². The average Bonchev–Trinajstić information content (AvgIpc) is 2.16. The van der Waals surface area contributed by atoms with E-state index in [0.717, 1.165) is 0 Å². The highest BCUT2D eigenvalue weighted by Crippen LogP contribution is 2.17. The SMILES string of the molecule is CC[N+]1(CC)CCCCC1.O=S(=O)([O-])F. The molecule has 4 nitrogen and oxygen atoms in total. The van der Waals surface area contributed by atoms with Crippen LogP contribution in [0.4, 0.5) is 3.89 Å². The molecule has 1 fully saturated rings. The van der Waals surface area contributed by atoms with Crippen LogP contribution in [0.25, 0.3) is 0 Å². The second-order valence-corrected chi connectivity index (χ2v) is 4.66. The van der Waals surface area contributed by atoms with Gasteiger partial charge in [-0.3, -0.25) is 0 Å². The second kappa shape index (κ2) is 6.40. The zero-order valence-corrected chi connectivity index (χ0v) is 10.2. The first-order valence-electron chi connectivity index (χ1n) is 5.33. The van der Waals surface area contributed by atoms with E-state index in [1.54, 1.807) is 0 Å². The summed E-state index contributed by atoms with van der Waals surface area (Å²) in [5.74, 6) is 0. The van der Waals surface area contributed by atoms with Crippen LogP contribution in [-0.2, 0) is 10.5 Å². The minimum Gasteiger partial charge on any atom is -0.722 e. The number of likely N-dealkylation sites (tertiary alicyclic amines) is 1. The van der Waals surface area contributed by atoms with E-state index in [4.69, 9.17) is 13.0 Å². The highest BCUT2D eigenvalue weighted by molar-refractivity contribution is 7.80. The first-order valence-corrected chi connectivity index (χ1v) is 6.64. The Morgan fingerprint density at radius 1 is 1.13 bits per heavy atom. The lowest BCUT2D eigenvalue weighted by atomic mass is 10.1. The van der Waals surface area contributed by atoms with E-state index in [9.17, 15) is 3.89 Å². The molecule has 1 saturated heterocycles. The molecule has 1 aliphatic rings. The molecule has 0 spiro atoms. The Morgan fingerprint density at radius 2 is 1.47 bits per heavy atom. The van der Waals surface area contributed by atoms with Gasteiger partial charge in [0, 0.05) is 0 Å². The Hall–Kier alpha value is -0.200. The lowest BCUT2D eigenvalue weighted by molar-refractivity contribution is -0.929. The van der Waals surface area contributed by atoms with Crippen LogP contribution in [0.5, 0.6) is 0 Å².